The van der Waals surface area contributed by atoms with Gasteiger partial charge in [0.25, 0.3) is 0 Å². The highest BCUT2D eigenvalue weighted by Gasteiger charge is 1.99. The van der Waals surface area contributed by atoms with Crippen molar-refractivity contribution in [2.45, 2.75) is 0 Å². The summed E-state index contributed by atoms with van der Waals surface area (Å²) in [7, 11) is 75.6. The molecule has 0 radical (unpaired) electrons. The van der Waals surface area contributed by atoms with Gasteiger partial charge in [0.1, 0.15) is 0 Å². The first-order valence-corrected chi connectivity index (χ1v) is 65.8. The number of nitrogens with one attached hydrogen (secondary N) is 1. The molecule has 332 valence electrons. The molecule has 6 aliphatic heterocycles. The van der Waals surface area contributed by atoms with E-state index in [1.54, 1.807) is 247 Å². The lowest BCUT2D eigenvalue weighted by molar-refractivity contribution is 0.697. The molecule has 0 saturated carbocycles. The van der Waals surface area contributed by atoms with Gasteiger partial charge in [0.05, 0.1) is 0 Å². The van der Waals surface area contributed by atoms with E-state index in [0.29, 0.717) is 0 Å². The first-order chi connectivity index (χ1) is 28.4. The van der Waals surface area contributed by atoms with Crippen LogP contribution >= 0.6 is 424 Å². The van der Waals surface area contributed by atoms with Gasteiger partial charge >= 0.3 is 0 Å². The molecule has 6 rings (SSSR count). The van der Waals surface area contributed by atoms with Gasteiger partial charge in [0, 0.05) is 11.5 Å². The van der Waals surface area contributed by atoms with Crippen molar-refractivity contribution in [3.63, 3.8) is 0 Å². The van der Waals surface area contributed by atoms with E-state index in [2.05, 4.69) is 64.9 Å². The second-order valence-corrected chi connectivity index (χ2v) is 70.7. The van der Waals surface area contributed by atoms with Crippen LogP contribution in [-0.4, -0.2) is 4.21 Å². The Hall–Kier alpha value is 13.1. The van der Waals surface area contributed by atoms with Gasteiger partial charge in [-0.1, -0.05) is 130 Å². The molecule has 45 heteroatoms. The molecule has 0 spiro atoms. The Morgan fingerprint density at radius 3 is 0.351 bits per heavy atom. The fraction of sp³-hybridized carbons (Fsp3) is 0. The van der Waals surface area contributed by atoms with Gasteiger partial charge in [0.2, 0.25) is 0 Å². The monoisotopic (exact) mass is 1560 g/mol. The fourth-order valence-electron chi connectivity index (χ4n) is 0.941. The van der Waals surface area contributed by atoms with Crippen molar-refractivity contribution < 1.29 is 4.21 Å². The van der Waals surface area contributed by atoms with Gasteiger partial charge in [-0.05, 0) is 360 Å². The molecule has 0 fully saturated rings. The SMILES string of the molecule is C1=CSSSSSSS1.C1=CSSSSSSS1.C1=CSSSSSSS1.C1=CSSSSSSS1.C1=CSSSSSSS1.C1=CSSSSSSS1.N=[SH2]=O. The van der Waals surface area contributed by atoms with Gasteiger partial charge in [-0.25, -0.2) is 0 Å². The Balaban J connectivity index is 0.000000651. The summed E-state index contributed by atoms with van der Waals surface area (Å²) >= 11 is -0.917. The Morgan fingerprint density at radius 1 is 0.193 bits per heavy atom. The van der Waals surface area contributed by atoms with Crippen LogP contribution in [0.2, 0.25) is 0 Å². The third-order valence-corrected chi connectivity index (χ3v) is 75.7. The average Bonchev–Trinajstić information content (AvgIpc) is 3.75. The Morgan fingerprint density at radius 2 is 0.263 bits per heavy atom. The van der Waals surface area contributed by atoms with Crippen molar-refractivity contribution in [3.05, 3.63) is 64.9 Å². The molecule has 0 aromatic heterocycles. The smallest absolute Gasteiger partial charge is 0.0218 e. The lowest BCUT2D eigenvalue weighted by Gasteiger charge is -1.89. The molecule has 0 aromatic carbocycles. The standard InChI is InChI=1S/6C2H2S7.H3NOS/c6*1-2-4-6-8-9-7-5-3-1;1-3-2/h6*1-2H;1H,3H2. The summed E-state index contributed by atoms with van der Waals surface area (Å²) in [5, 5.41) is 25.4. The molecule has 2 nitrogen and oxygen atoms in total. The van der Waals surface area contributed by atoms with Gasteiger partial charge in [-0.2, -0.15) is 0 Å². The van der Waals surface area contributed by atoms with Crippen molar-refractivity contribution in [1.82, 2.24) is 0 Å². The fourth-order valence-corrected chi connectivity index (χ4v) is 79.9. The molecule has 0 aliphatic carbocycles. The summed E-state index contributed by atoms with van der Waals surface area (Å²) in [5.74, 6) is 0. The molecule has 0 aromatic rings. The van der Waals surface area contributed by atoms with Crippen molar-refractivity contribution in [2.24, 2.45) is 0 Å². The maximum atomic E-state index is 8.62. The van der Waals surface area contributed by atoms with Crippen molar-refractivity contribution in [2.75, 3.05) is 0 Å². The Bertz CT molecular complexity index is 757. The first-order valence-electron chi connectivity index (χ1n) is 11.3. The molecule has 0 amide bonds. The van der Waals surface area contributed by atoms with Crippen molar-refractivity contribution >= 4 is 436 Å². The summed E-state index contributed by atoms with van der Waals surface area (Å²) in [6.07, 6.45) is 0. The van der Waals surface area contributed by atoms with Crippen LogP contribution in [0.4, 0.5) is 0 Å². The molecule has 1 N–H and O–H groups in total. The van der Waals surface area contributed by atoms with Crippen molar-refractivity contribution in [1.29, 1.82) is 4.78 Å². The normalized spacial score (nSPS) is 21.5. The summed E-state index contributed by atoms with van der Waals surface area (Å²) in [4.78, 5) is 0. The molecular formula is C12H15NOS43. The molecule has 0 unspecified atom stereocenters. The van der Waals surface area contributed by atoms with Gasteiger partial charge in [-0.15, -0.1) is 0 Å². The highest BCUT2D eigenvalue weighted by atomic mass is 34.0. The summed E-state index contributed by atoms with van der Waals surface area (Å²) in [5.41, 5.74) is 0. The third-order valence-electron chi connectivity index (χ3n) is 2.14. The van der Waals surface area contributed by atoms with Crippen LogP contribution in [-0.2, 0) is 11.5 Å². The maximum Gasteiger partial charge on any atom is 0.0218 e. The summed E-state index contributed by atoms with van der Waals surface area (Å²) in [6, 6.07) is 0. The number of hydrogen-bond acceptors (Lipinski definition) is 44. The van der Waals surface area contributed by atoms with E-state index in [-0.39, 0.29) is 0 Å². The van der Waals surface area contributed by atoms with E-state index in [0.717, 1.165) is 0 Å². The zero-order valence-electron chi connectivity index (χ0n) is 25.5. The predicted octanol–water partition coefficient (Wildman–Crippen LogP) is 30.0. The zero-order valence-corrected chi connectivity index (χ0v) is 60.8. The van der Waals surface area contributed by atoms with Gasteiger partial charge < -0.3 is 0 Å². The number of hydrogen-bond donors (Lipinski definition) is 1. The van der Waals surface area contributed by atoms with Crippen LogP contribution < -0.4 is 0 Å². The molecule has 6 heterocycles. The van der Waals surface area contributed by atoms with Crippen LogP contribution in [0.3, 0.4) is 0 Å². The first kappa shape index (κ1) is 70.1. The number of rotatable bonds is 0. The average molecular weight is 1570 g/mol. The van der Waals surface area contributed by atoms with Crippen LogP contribution in [0, 0.1) is 4.78 Å². The van der Waals surface area contributed by atoms with E-state index in [1.165, 1.54) is 0 Å². The lowest BCUT2D eigenvalue weighted by Crippen LogP contribution is -1.32. The van der Waals surface area contributed by atoms with E-state index < -0.39 is 11.5 Å². The predicted molar refractivity (Wildman–Crippen MR) is 387 cm³/mol. The quantitative estimate of drug-likeness (QED) is 0.234. The Labute approximate surface area is 497 Å². The minimum atomic E-state index is -0.917. The molecule has 0 bridgehead atoms. The molecule has 0 atom stereocenters. The van der Waals surface area contributed by atoms with Crippen molar-refractivity contribution in [3.8, 4) is 0 Å². The zero-order chi connectivity index (χ0) is 40.9. The largest absolute Gasteiger partial charge is 0.258 e. The van der Waals surface area contributed by atoms with E-state index >= 15 is 0 Å². The molecular weight excluding hydrogens is 1550 g/mol. The van der Waals surface area contributed by atoms with E-state index in [1.807, 2.05) is 177 Å². The Kier molecular flexibility index (Phi) is 85.0. The minimum Gasteiger partial charge on any atom is -0.258 e. The minimum absolute atomic E-state index is 0.917. The highest BCUT2D eigenvalue weighted by molar-refractivity contribution is 9.49. The topological polar surface area (TPSA) is 40.9 Å². The summed E-state index contributed by atoms with van der Waals surface area (Å²) < 4.78 is 14.3. The highest BCUT2D eigenvalue weighted by Crippen LogP contribution is 2.61. The second-order valence-electron chi connectivity index (χ2n) is 4.93. The van der Waals surface area contributed by atoms with Gasteiger partial charge in [-0.3, -0.25) is 8.99 Å². The lowest BCUT2D eigenvalue weighted by atomic mass is 11.3. The third kappa shape index (κ3) is 69.1. The van der Waals surface area contributed by atoms with Crippen LogP contribution in [0.1, 0.15) is 0 Å². The van der Waals surface area contributed by atoms with Crippen LogP contribution in [0.5, 0.6) is 0 Å². The second kappa shape index (κ2) is 69.1. The van der Waals surface area contributed by atoms with Crippen LogP contribution in [0.15, 0.2) is 64.9 Å². The molecule has 6 aliphatic rings. The van der Waals surface area contributed by atoms with Crippen LogP contribution in [0.25, 0.3) is 0 Å². The molecule has 0 saturated heterocycles. The van der Waals surface area contributed by atoms with E-state index in [4.69, 9.17) is 8.99 Å². The summed E-state index contributed by atoms with van der Waals surface area (Å²) in [6.45, 7) is 0. The maximum absolute atomic E-state index is 8.62. The van der Waals surface area contributed by atoms with Gasteiger partial charge in [0.15, 0.2) is 0 Å². The molecule has 57 heavy (non-hydrogen) atoms. The van der Waals surface area contributed by atoms with E-state index in [9.17, 15) is 0 Å².